The van der Waals surface area contributed by atoms with Gasteiger partial charge in [-0.05, 0) is 29.8 Å². The number of aromatic nitrogens is 3. The minimum atomic E-state index is -0.647. The molecule has 0 saturated heterocycles. The van der Waals surface area contributed by atoms with Crippen molar-refractivity contribution < 1.29 is 9.31 Å². The number of nitrogens with two attached hydrogens (primary N) is 1. The minimum absolute atomic E-state index is 0.0990. The molecule has 0 aliphatic rings. The number of aromatic amines is 1. The van der Waals surface area contributed by atoms with E-state index >= 15 is 0 Å². The Hall–Kier alpha value is -4.14. The first-order valence-corrected chi connectivity index (χ1v) is 8.59. The number of nitrogens with zero attached hydrogens (tertiary/aromatic N) is 3. The molecule has 2 aromatic heterocycles. The van der Waals surface area contributed by atoms with Gasteiger partial charge in [0.1, 0.15) is 17.7 Å². The van der Waals surface area contributed by atoms with Gasteiger partial charge in [0.25, 0.3) is 5.56 Å². The van der Waals surface area contributed by atoms with Crippen LogP contribution in [0.2, 0.25) is 0 Å². The molecule has 0 aliphatic carbocycles. The number of nitro groups is 1. The summed E-state index contributed by atoms with van der Waals surface area (Å²) in [5.41, 5.74) is 6.69. The summed E-state index contributed by atoms with van der Waals surface area (Å²) >= 11 is 0. The molecule has 4 rings (SSSR count). The molecule has 9 heteroatoms. The van der Waals surface area contributed by atoms with Crippen molar-refractivity contribution in [2.45, 2.75) is 6.42 Å². The maximum Gasteiger partial charge on any atom is 0.310 e. The summed E-state index contributed by atoms with van der Waals surface area (Å²) in [4.78, 5) is 26.2. The first-order valence-electron chi connectivity index (χ1n) is 8.59. The zero-order valence-corrected chi connectivity index (χ0v) is 14.9. The van der Waals surface area contributed by atoms with Gasteiger partial charge in [0.15, 0.2) is 0 Å². The van der Waals surface area contributed by atoms with Crippen molar-refractivity contribution >= 4 is 22.1 Å². The van der Waals surface area contributed by atoms with E-state index in [0.717, 1.165) is 11.8 Å². The highest BCUT2D eigenvalue weighted by molar-refractivity contribution is 5.83. The standard InChI is InChI=1S/C20H14FN5O3/c21-15-6-5-11(7-14(15)17-9-16(22)19(10-23-17)26(28)29)8-18-12-3-1-2-4-13(12)20(27)25-24-18/h1-7,9-10H,8H2,(H2,22,23)(H,25,27). The van der Waals surface area contributed by atoms with E-state index in [1.54, 1.807) is 30.3 Å². The number of benzene rings is 2. The number of H-pyrrole nitrogens is 1. The second-order valence-corrected chi connectivity index (χ2v) is 6.42. The Labute approximate surface area is 163 Å². The molecule has 29 heavy (non-hydrogen) atoms. The van der Waals surface area contributed by atoms with Gasteiger partial charge in [-0.1, -0.05) is 24.3 Å². The van der Waals surface area contributed by atoms with E-state index in [-0.39, 0.29) is 28.2 Å². The van der Waals surface area contributed by atoms with Gasteiger partial charge in [-0.15, -0.1) is 0 Å². The highest BCUT2D eigenvalue weighted by atomic mass is 19.1. The molecule has 4 aromatic rings. The van der Waals surface area contributed by atoms with Gasteiger partial charge < -0.3 is 5.73 Å². The van der Waals surface area contributed by atoms with Gasteiger partial charge in [0, 0.05) is 17.4 Å². The lowest BCUT2D eigenvalue weighted by Gasteiger charge is -2.09. The zero-order valence-electron chi connectivity index (χ0n) is 14.9. The molecule has 2 heterocycles. The normalized spacial score (nSPS) is 10.9. The molecule has 8 nitrogen and oxygen atoms in total. The smallest absolute Gasteiger partial charge is 0.310 e. The van der Waals surface area contributed by atoms with Crippen molar-refractivity contribution in [1.29, 1.82) is 0 Å². The second kappa shape index (κ2) is 7.12. The quantitative estimate of drug-likeness (QED) is 0.406. The Kier molecular flexibility index (Phi) is 4.47. The highest BCUT2D eigenvalue weighted by Crippen LogP contribution is 2.29. The highest BCUT2D eigenvalue weighted by Gasteiger charge is 2.16. The Morgan fingerprint density at radius 2 is 1.90 bits per heavy atom. The van der Waals surface area contributed by atoms with Crippen LogP contribution in [0.3, 0.4) is 0 Å². The minimum Gasteiger partial charge on any atom is -0.393 e. The van der Waals surface area contributed by atoms with Crippen molar-refractivity contribution in [3.8, 4) is 11.3 Å². The Morgan fingerprint density at radius 3 is 2.62 bits per heavy atom. The van der Waals surface area contributed by atoms with Crippen LogP contribution in [0.5, 0.6) is 0 Å². The van der Waals surface area contributed by atoms with Gasteiger partial charge in [-0.25, -0.2) is 14.5 Å². The molecule has 0 atom stereocenters. The maximum absolute atomic E-state index is 14.4. The van der Waals surface area contributed by atoms with Crippen molar-refractivity contribution in [2.75, 3.05) is 5.73 Å². The van der Waals surface area contributed by atoms with Crippen LogP contribution in [0.25, 0.3) is 22.0 Å². The lowest BCUT2D eigenvalue weighted by molar-refractivity contribution is -0.384. The van der Waals surface area contributed by atoms with E-state index in [1.807, 2.05) is 6.07 Å². The molecule has 3 N–H and O–H groups in total. The number of halogens is 1. The van der Waals surface area contributed by atoms with Crippen molar-refractivity contribution in [2.24, 2.45) is 0 Å². The summed E-state index contributed by atoms with van der Waals surface area (Å²) in [6, 6.07) is 12.8. The number of fused-ring (bicyclic) bond motifs is 1. The molecule has 0 unspecified atom stereocenters. The van der Waals surface area contributed by atoms with Gasteiger partial charge in [-0.3, -0.25) is 14.9 Å². The predicted molar refractivity (Wildman–Crippen MR) is 106 cm³/mol. The third kappa shape index (κ3) is 3.41. The van der Waals surface area contributed by atoms with E-state index in [0.29, 0.717) is 22.9 Å². The number of nitrogen functional groups attached to an aromatic ring is 1. The molecule has 0 aliphatic heterocycles. The van der Waals surface area contributed by atoms with Gasteiger partial charge >= 0.3 is 5.69 Å². The molecule has 0 radical (unpaired) electrons. The Bertz CT molecular complexity index is 1320. The van der Waals surface area contributed by atoms with Crippen LogP contribution in [-0.2, 0) is 6.42 Å². The SMILES string of the molecule is Nc1cc(-c2cc(Cc3n[nH]c(=O)c4ccccc34)ccc2F)ncc1[N+](=O)[O-]. The summed E-state index contributed by atoms with van der Waals surface area (Å²) in [6.07, 6.45) is 1.35. The Morgan fingerprint density at radius 1 is 1.14 bits per heavy atom. The van der Waals surface area contributed by atoms with Gasteiger partial charge in [0.05, 0.1) is 21.7 Å². The number of hydrogen-bond donors (Lipinski definition) is 2. The third-order valence-electron chi connectivity index (χ3n) is 4.56. The molecule has 0 fully saturated rings. The number of pyridine rings is 1. The molecule has 144 valence electrons. The van der Waals surface area contributed by atoms with E-state index in [9.17, 15) is 19.3 Å². The summed E-state index contributed by atoms with van der Waals surface area (Å²) in [5.74, 6) is -0.534. The first-order chi connectivity index (χ1) is 13.9. The predicted octanol–water partition coefficient (Wildman–Crippen LogP) is 3.21. The van der Waals surface area contributed by atoms with Crippen LogP contribution in [-0.4, -0.2) is 20.1 Å². The average molecular weight is 391 g/mol. The number of rotatable bonds is 4. The number of hydrogen-bond acceptors (Lipinski definition) is 6. The van der Waals surface area contributed by atoms with E-state index in [4.69, 9.17) is 5.73 Å². The van der Waals surface area contributed by atoms with Gasteiger partial charge in [-0.2, -0.15) is 5.10 Å². The fourth-order valence-electron chi connectivity index (χ4n) is 3.14. The average Bonchev–Trinajstić information content (AvgIpc) is 2.71. The van der Waals surface area contributed by atoms with Crippen LogP contribution >= 0.6 is 0 Å². The van der Waals surface area contributed by atoms with Gasteiger partial charge in [0.2, 0.25) is 0 Å². The summed E-state index contributed by atoms with van der Waals surface area (Å²) in [6.45, 7) is 0. The molecule has 0 spiro atoms. The van der Waals surface area contributed by atoms with Crippen LogP contribution in [0.4, 0.5) is 15.8 Å². The van der Waals surface area contributed by atoms with Crippen molar-refractivity contribution in [3.63, 3.8) is 0 Å². The van der Waals surface area contributed by atoms with Crippen molar-refractivity contribution in [3.05, 3.63) is 92.3 Å². The summed E-state index contributed by atoms with van der Waals surface area (Å²) in [5, 5.41) is 18.7. The topological polar surface area (TPSA) is 128 Å². The van der Waals surface area contributed by atoms with E-state index in [2.05, 4.69) is 15.2 Å². The summed E-state index contributed by atoms with van der Waals surface area (Å²) in [7, 11) is 0. The molecular formula is C20H14FN5O3. The number of nitrogens with one attached hydrogen (secondary N) is 1. The van der Waals surface area contributed by atoms with Crippen molar-refractivity contribution in [1.82, 2.24) is 15.2 Å². The molecule has 0 bridgehead atoms. The fourth-order valence-corrected chi connectivity index (χ4v) is 3.14. The first kappa shape index (κ1) is 18.2. The van der Waals surface area contributed by atoms with E-state index < -0.39 is 10.7 Å². The van der Waals surface area contributed by atoms with E-state index in [1.165, 1.54) is 12.1 Å². The lowest BCUT2D eigenvalue weighted by Crippen LogP contribution is -2.11. The zero-order chi connectivity index (χ0) is 20.5. The summed E-state index contributed by atoms with van der Waals surface area (Å²) < 4.78 is 14.4. The van der Waals surface area contributed by atoms with Crippen LogP contribution in [0.1, 0.15) is 11.3 Å². The largest absolute Gasteiger partial charge is 0.393 e. The maximum atomic E-state index is 14.4. The molecule has 0 saturated carbocycles. The Balaban J connectivity index is 1.75. The lowest BCUT2D eigenvalue weighted by atomic mass is 10.0. The van der Waals surface area contributed by atoms with Crippen LogP contribution in [0.15, 0.2) is 59.5 Å². The second-order valence-electron chi connectivity index (χ2n) is 6.42. The third-order valence-corrected chi connectivity index (χ3v) is 4.56. The molecular weight excluding hydrogens is 377 g/mol. The fraction of sp³-hybridized carbons (Fsp3) is 0.0500. The molecule has 0 amide bonds. The monoisotopic (exact) mass is 391 g/mol. The van der Waals surface area contributed by atoms with Crippen LogP contribution in [0, 0.1) is 15.9 Å². The molecule has 2 aromatic carbocycles. The number of anilines is 1. The van der Waals surface area contributed by atoms with Crippen LogP contribution < -0.4 is 11.3 Å².